The molecule has 8 heteroatoms. The van der Waals surface area contributed by atoms with E-state index in [2.05, 4.69) is 9.82 Å². The van der Waals surface area contributed by atoms with E-state index in [0.29, 0.717) is 6.54 Å². The molecular formula is C12H25N5O2S. The smallest absolute Gasteiger partial charge is 0.245 e. The topological polar surface area (TPSA) is 93.2 Å². The van der Waals surface area contributed by atoms with Crippen molar-refractivity contribution in [1.29, 1.82) is 0 Å². The van der Waals surface area contributed by atoms with Crippen LogP contribution in [0.3, 0.4) is 0 Å². The van der Waals surface area contributed by atoms with E-state index in [1.165, 1.54) is 6.20 Å². The first-order chi connectivity index (χ1) is 9.29. The third-order valence-corrected chi connectivity index (χ3v) is 4.65. The molecule has 1 atom stereocenters. The Balaban J connectivity index is 2.75. The Hall–Kier alpha value is -1.12. The molecule has 1 aromatic heterocycles. The zero-order valence-electron chi connectivity index (χ0n) is 12.6. The summed E-state index contributed by atoms with van der Waals surface area (Å²) in [6, 6.07) is 0.0766. The van der Waals surface area contributed by atoms with Crippen LogP contribution in [0.4, 0.5) is 5.82 Å². The molecule has 0 fully saturated rings. The molecule has 0 amide bonds. The van der Waals surface area contributed by atoms with Gasteiger partial charge in [-0.2, -0.15) is 5.10 Å². The Morgan fingerprint density at radius 3 is 2.70 bits per heavy atom. The van der Waals surface area contributed by atoms with E-state index < -0.39 is 10.0 Å². The van der Waals surface area contributed by atoms with Crippen molar-refractivity contribution in [2.24, 2.45) is 0 Å². The maximum Gasteiger partial charge on any atom is 0.245 e. The van der Waals surface area contributed by atoms with Gasteiger partial charge >= 0.3 is 0 Å². The summed E-state index contributed by atoms with van der Waals surface area (Å²) >= 11 is 0. The molecule has 0 aliphatic carbocycles. The number of nitrogens with one attached hydrogen (secondary N) is 1. The van der Waals surface area contributed by atoms with Crippen molar-refractivity contribution in [3.8, 4) is 0 Å². The van der Waals surface area contributed by atoms with E-state index in [1.807, 2.05) is 32.8 Å². The summed E-state index contributed by atoms with van der Waals surface area (Å²) in [6.07, 6.45) is 2.89. The molecule has 0 radical (unpaired) electrons. The molecule has 3 N–H and O–H groups in total. The molecule has 0 bridgehead atoms. The van der Waals surface area contributed by atoms with Crippen LogP contribution in [-0.4, -0.2) is 50.3 Å². The van der Waals surface area contributed by atoms with E-state index >= 15 is 0 Å². The summed E-state index contributed by atoms with van der Waals surface area (Å²) in [5, 5.41) is 4.07. The normalized spacial score (nSPS) is 13.8. The van der Waals surface area contributed by atoms with Crippen LogP contribution in [0.5, 0.6) is 0 Å². The van der Waals surface area contributed by atoms with Crippen molar-refractivity contribution in [2.45, 2.75) is 37.6 Å². The molecule has 7 nitrogen and oxygen atoms in total. The van der Waals surface area contributed by atoms with E-state index in [1.54, 1.807) is 4.68 Å². The first kappa shape index (κ1) is 16.9. The van der Waals surface area contributed by atoms with Gasteiger partial charge in [0.1, 0.15) is 10.7 Å². The molecule has 116 valence electrons. The number of hydrogen-bond donors (Lipinski definition) is 2. The Kier molecular flexibility index (Phi) is 5.97. The highest BCUT2D eigenvalue weighted by Gasteiger charge is 2.22. The Morgan fingerprint density at radius 1 is 1.50 bits per heavy atom. The Morgan fingerprint density at radius 2 is 2.15 bits per heavy atom. The highest BCUT2D eigenvalue weighted by molar-refractivity contribution is 7.89. The summed E-state index contributed by atoms with van der Waals surface area (Å²) in [5.41, 5.74) is 5.89. The largest absolute Gasteiger partial charge is 0.383 e. The van der Waals surface area contributed by atoms with Crippen LogP contribution in [0, 0.1) is 0 Å². The fourth-order valence-electron chi connectivity index (χ4n) is 1.77. The van der Waals surface area contributed by atoms with Gasteiger partial charge in [-0.3, -0.25) is 0 Å². The van der Waals surface area contributed by atoms with Gasteiger partial charge in [0.2, 0.25) is 10.0 Å². The standard InChI is InChI=1S/C12H25N5O2S/c1-5-10(2)17-12(13)11(9-14-17)20(18,19)15-7-6-8-16(3)4/h9-10,15H,5-8,13H2,1-4H3. The number of sulfonamides is 1. The van der Waals surface area contributed by atoms with E-state index in [-0.39, 0.29) is 16.8 Å². The van der Waals surface area contributed by atoms with Gasteiger partial charge < -0.3 is 10.6 Å². The predicted molar refractivity (Wildman–Crippen MR) is 80.0 cm³/mol. The fraction of sp³-hybridized carbons (Fsp3) is 0.750. The lowest BCUT2D eigenvalue weighted by Crippen LogP contribution is -2.27. The number of rotatable bonds is 8. The van der Waals surface area contributed by atoms with Gasteiger partial charge in [0.15, 0.2) is 0 Å². The fourth-order valence-corrected chi connectivity index (χ4v) is 2.89. The van der Waals surface area contributed by atoms with Crippen LogP contribution in [0.25, 0.3) is 0 Å². The molecular weight excluding hydrogens is 278 g/mol. The third kappa shape index (κ3) is 4.19. The van der Waals surface area contributed by atoms with Crippen molar-refractivity contribution in [1.82, 2.24) is 19.4 Å². The monoisotopic (exact) mass is 303 g/mol. The highest BCUT2D eigenvalue weighted by atomic mass is 32.2. The van der Waals surface area contributed by atoms with E-state index in [0.717, 1.165) is 19.4 Å². The van der Waals surface area contributed by atoms with Crippen LogP contribution in [0.1, 0.15) is 32.7 Å². The van der Waals surface area contributed by atoms with Gasteiger partial charge in [0, 0.05) is 6.54 Å². The number of aromatic nitrogens is 2. The number of hydrogen-bond acceptors (Lipinski definition) is 5. The molecule has 0 aliphatic heterocycles. The highest BCUT2D eigenvalue weighted by Crippen LogP contribution is 2.22. The lowest BCUT2D eigenvalue weighted by Gasteiger charge is -2.12. The molecule has 1 aromatic rings. The number of anilines is 1. The minimum Gasteiger partial charge on any atom is -0.383 e. The number of nitrogens with zero attached hydrogens (tertiary/aromatic N) is 3. The molecule has 1 rings (SSSR count). The van der Waals surface area contributed by atoms with Gasteiger partial charge in [-0.1, -0.05) is 6.92 Å². The molecule has 0 aliphatic rings. The van der Waals surface area contributed by atoms with Crippen molar-refractivity contribution >= 4 is 15.8 Å². The van der Waals surface area contributed by atoms with Crippen LogP contribution in [-0.2, 0) is 10.0 Å². The van der Waals surface area contributed by atoms with Crippen LogP contribution in [0.15, 0.2) is 11.1 Å². The summed E-state index contributed by atoms with van der Waals surface area (Å²) in [7, 11) is 0.308. The maximum absolute atomic E-state index is 12.2. The average molecular weight is 303 g/mol. The number of nitrogen functional groups attached to an aromatic ring is 1. The molecule has 0 saturated carbocycles. The minimum atomic E-state index is -3.59. The van der Waals surface area contributed by atoms with E-state index in [4.69, 9.17) is 5.73 Å². The quantitative estimate of drug-likeness (QED) is 0.688. The molecule has 0 aromatic carbocycles. The lowest BCUT2D eigenvalue weighted by atomic mass is 10.3. The van der Waals surface area contributed by atoms with Gasteiger partial charge in [0.05, 0.1) is 12.2 Å². The third-order valence-electron chi connectivity index (χ3n) is 3.17. The second kappa shape index (κ2) is 7.05. The molecule has 1 heterocycles. The first-order valence-electron chi connectivity index (χ1n) is 6.77. The SMILES string of the molecule is CCC(C)n1ncc(S(=O)(=O)NCCCN(C)C)c1N. The maximum atomic E-state index is 12.2. The molecule has 1 unspecified atom stereocenters. The second-order valence-corrected chi connectivity index (χ2v) is 6.89. The molecule has 0 saturated heterocycles. The van der Waals surface area contributed by atoms with Gasteiger partial charge in [0.25, 0.3) is 0 Å². The van der Waals surface area contributed by atoms with Crippen molar-refractivity contribution in [3.63, 3.8) is 0 Å². The number of nitrogens with two attached hydrogens (primary N) is 1. The van der Waals surface area contributed by atoms with Crippen molar-refractivity contribution in [3.05, 3.63) is 6.20 Å². The minimum absolute atomic E-state index is 0.0580. The summed E-state index contributed by atoms with van der Waals surface area (Å²) in [5.74, 6) is 0.194. The van der Waals surface area contributed by atoms with E-state index in [9.17, 15) is 8.42 Å². The zero-order valence-corrected chi connectivity index (χ0v) is 13.4. The second-order valence-electron chi connectivity index (χ2n) is 5.15. The van der Waals surface area contributed by atoms with Crippen molar-refractivity contribution in [2.75, 3.05) is 32.9 Å². The van der Waals surface area contributed by atoms with Crippen LogP contribution < -0.4 is 10.5 Å². The van der Waals surface area contributed by atoms with Crippen molar-refractivity contribution < 1.29 is 8.42 Å². The van der Waals surface area contributed by atoms with Gasteiger partial charge in [-0.05, 0) is 40.4 Å². The predicted octanol–water partition coefficient (Wildman–Crippen LogP) is 0.666. The molecule has 0 spiro atoms. The molecule has 20 heavy (non-hydrogen) atoms. The Labute approximate surface area is 121 Å². The summed E-state index contributed by atoms with van der Waals surface area (Å²) < 4.78 is 28.4. The zero-order chi connectivity index (χ0) is 15.3. The summed E-state index contributed by atoms with van der Waals surface area (Å²) in [6.45, 7) is 5.16. The first-order valence-corrected chi connectivity index (χ1v) is 8.25. The average Bonchev–Trinajstić information content (AvgIpc) is 2.76. The lowest BCUT2D eigenvalue weighted by molar-refractivity contribution is 0.400. The van der Waals surface area contributed by atoms with Crippen LogP contribution >= 0.6 is 0 Å². The van der Waals surface area contributed by atoms with Gasteiger partial charge in [-0.15, -0.1) is 0 Å². The summed E-state index contributed by atoms with van der Waals surface area (Å²) in [4.78, 5) is 2.06. The van der Waals surface area contributed by atoms with Crippen LogP contribution in [0.2, 0.25) is 0 Å². The Bertz CT molecular complexity index is 524. The van der Waals surface area contributed by atoms with Gasteiger partial charge in [-0.25, -0.2) is 17.8 Å².